The number of aryl methyl sites for hydroxylation is 1. The van der Waals surface area contributed by atoms with E-state index in [1.807, 2.05) is 6.92 Å². The van der Waals surface area contributed by atoms with E-state index in [0.29, 0.717) is 6.61 Å². The van der Waals surface area contributed by atoms with Crippen LogP contribution in [0.5, 0.6) is 0 Å². The first-order chi connectivity index (χ1) is 7.42. The molecule has 92 valence electrons. The second-order valence-corrected chi connectivity index (χ2v) is 5.11. The predicted octanol–water partition coefficient (Wildman–Crippen LogP) is 1.80. The molecule has 0 aliphatic rings. The van der Waals surface area contributed by atoms with Gasteiger partial charge < -0.3 is 15.0 Å². The molecule has 1 aromatic heterocycles. The van der Waals surface area contributed by atoms with Gasteiger partial charge in [-0.1, -0.05) is 0 Å². The Bertz CT molecular complexity index is 325. The zero-order valence-electron chi connectivity index (χ0n) is 11.0. The number of imidazole rings is 1. The van der Waals surface area contributed by atoms with Crippen LogP contribution in [0.1, 0.15) is 38.0 Å². The van der Waals surface area contributed by atoms with Crippen molar-refractivity contribution < 1.29 is 4.74 Å². The first-order valence-corrected chi connectivity index (χ1v) is 5.70. The molecule has 0 atom stereocenters. The molecule has 0 unspecified atom stereocenters. The third-order valence-electron chi connectivity index (χ3n) is 2.33. The molecule has 1 heterocycles. The van der Waals surface area contributed by atoms with Gasteiger partial charge in [0.2, 0.25) is 0 Å². The molecular weight excluding hydrogens is 202 g/mol. The van der Waals surface area contributed by atoms with Crippen LogP contribution >= 0.6 is 0 Å². The maximum Gasteiger partial charge on any atom is 0.107 e. The van der Waals surface area contributed by atoms with E-state index in [0.717, 1.165) is 30.2 Å². The number of ether oxygens (including phenoxy) is 1. The summed E-state index contributed by atoms with van der Waals surface area (Å²) in [4.78, 5) is 7.78. The molecule has 0 aromatic carbocycles. The van der Waals surface area contributed by atoms with Crippen molar-refractivity contribution in [1.82, 2.24) is 15.3 Å². The van der Waals surface area contributed by atoms with Crippen molar-refractivity contribution in [2.75, 3.05) is 13.7 Å². The van der Waals surface area contributed by atoms with Crippen LogP contribution in [0.4, 0.5) is 0 Å². The molecule has 0 bridgehead atoms. The summed E-state index contributed by atoms with van der Waals surface area (Å²) in [5.74, 6) is 1.03. The van der Waals surface area contributed by atoms with E-state index < -0.39 is 0 Å². The zero-order valence-corrected chi connectivity index (χ0v) is 11.0. The van der Waals surface area contributed by atoms with Crippen LogP contribution in [-0.2, 0) is 17.8 Å². The highest BCUT2D eigenvalue weighted by atomic mass is 16.5. The number of H-pyrrole nitrogens is 1. The summed E-state index contributed by atoms with van der Waals surface area (Å²) in [7, 11) is 1.69. The van der Waals surface area contributed by atoms with Crippen molar-refractivity contribution >= 4 is 0 Å². The lowest BCUT2D eigenvalue weighted by Gasteiger charge is -2.19. The quantitative estimate of drug-likeness (QED) is 0.803. The van der Waals surface area contributed by atoms with Gasteiger partial charge in [0.25, 0.3) is 0 Å². The van der Waals surface area contributed by atoms with E-state index in [1.165, 1.54) is 0 Å². The Hall–Kier alpha value is -0.870. The van der Waals surface area contributed by atoms with E-state index in [-0.39, 0.29) is 5.54 Å². The number of aromatic nitrogens is 2. The summed E-state index contributed by atoms with van der Waals surface area (Å²) in [6.45, 7) is 10.0. The second kappa shape index (κ2) is 5.46. The zero-order chi connectivity index (χ0) is 12.2. The number of rotatable bonds is 5. The van der Waals surface area contributed by atoms with Gasteiger partial charge in [0, 0.05) is 31.3 Å². The Labute approximate surface area is 97.8 Å². The topological polar surface area (TPSA) is 49.9 Å². The highest BCUT2D eigenvalue weighted by Gasteiger charge is 2.10. The van der Waals surface area contributed by atoms with Crippen molar-refractivity contribution in [2.24, 2.45) is 0 Å². The maximum atomic E-state index is 5.08. The van der Waals surface area contributed by atoms with Gasteiger partial charge in [-0.15, -0.1) is 0 Å². The van der Waals surface area contributed by atoms with Crippen LogP contribution in [0.15, 0.2) is 0 Å². The minimum Gasteiger partial charge on any atom is -0.378 e. The molecule has 0 radical (unpaired) electrons. The largest absolute Gasteiger partial charge is 0.378 e. The van der Waals surface area contributed by atoms with Gasteiger partial charge in [0.05, 0.1) is 12.3 Å². The molecule has 0 aliphatic carbocycles. The Morgan fingerprint density at radius 3 is 2.62 bits per heavy atom. The smallest absolute Gasteiger partial charge is 0.107 e. The predicted molar refractivity (Wildman–Crippen MR) is 65.5 cm³/mol. The maximum absolute atomic E-state index is 5.08. The SMILES string of the molecule is COCc1nc(CCNC(C)(C)C)[nH]c1C. The molecule has 16 heavy (non-hydrogen) atoms. The highest BCUT2D eigenvalue weighted by molar-refractivity contribution is 5.12. The molecule has 1 aromatic rings. The summed E-state index contributed by atoms with van der Waals surface area (Å²) in [6.07, 6.45) is 0.918. The summed E-state index contributed by atoms with van der Waals surface area (Å²) in [5, 5.41) is 3.44. The van der Waals surface area contributed by atoms with Crippen LogP contribution in [0.3, 0.4) is 0 Å². The number of nitrogens with zero attached hydrogens (tertiary/aromatic N) is 1. The normalized spacial score (nSPS) is 12.1. The second-order valence-electron chi connectivity index (χ2n) is 5.11. The van der Waals surface area contributed by atoms with Crippen molar-refractivity contribution in [1.29, 1.82) is 0 Å². The number of hydrogen-bond acceptors (Lipinski definition) is 3. The van der Waals surface area contributed by atoms with Crippen LogP contribution < -0.4 is 5.32 Å². The Balaban J connectivity index is 2.46. The van der Waals surface area contributed by atoms with Crippen LogP contribution in [-0.4, -0.2) is 29.2 Å². The fourth-order valence-electron chi connectivity index (χ4n) is 1.51. The summed E-state index contributed by atoms with van der Waals surface area (Å²) >= 11 is 0. The summed E-state index contributed by atoms with van der Waals surface area (Å²) in [6, 6.07) is 0. The van der Waals surface area contributed by atoms with E-state index in [1.54, 1.807) is 7.11 Å². The lowest BCUT2D eigenvalue weighted by atomic mass is 10.1. The van der Waals surface area contributed by atoms with E-state index in [2.05, 4.69) is 36.1 Å². The number of nitrogens with one attached hydrogen (secondary N) is 2. The fourth-order valence-corrected chi connectivity index (χ4v) is 1.51. The van der Waals surface area contributed by atoms with Gasteiger partial charge in [0.15, 0.2) is 0 Å². The van der Waals surface area contributed by atoms with Crippen molar-refractivity contribution in [2.45, 2.75) is 46.3 Å². The van der Waals surface area contributed by atoms with Gasteiger partial charge in [-0.25, -0.2) is 4.98 Å². The molecule has 0 saturated heterocycles. The van der Waals surface area contributed by atoms with E-state index in [9.17, 15) is 0 Å². The van der Waals surface area contributed by atoms with E-state index >= 15 is 0 Å². The van der Waals surface area contributed by atoms with Gasteiger partial charge in [-0.05, 0) is 27.7 Å². The number of aromatic amines is 1. The minimum atomic E-state index is 0.164. The van der Waals surface area contributed by atoms with Gasteiger partial charge in [-0.3, -0.25) is 0 Å². The van der Waals surface area contributed by atoms with Crippen LogP contribution in [0, 0.1) is 6.92 Å². The van der Waals surface area contributed by atoms with Crippen molar-refractivity contribution in [3.8, 4) is 0 Å². The van der Waals surface area contributed by atoms with E-state index in [4.69, 9.17) is 4.74 Å². The molecular formula is C12H23N3O. The minimum absolute atomic E-state index is 0.164. The third-order valence-corrected chi connectivity index (χ3v) is 2.33. The molecule has 2 N–H and O–H groups in total. The molecule has 0 saturated carbocycles. The fraction of sp³-hybridized carbons (Fsp3) is 0.750. The third kappa shape index (κ3) is 4.33. The summed E-state index contributed by atoms with van der Waals surface area (Å²) < 4.78 is 5.08. The Kier molecular flexibility index (Phi) is 4.50. The van der Waals surface area contributed by atoms with Crippen molar-refractivity contribution in [3.63, 3.8) is 0 Å². The average molecular weight is 225 g/mol. The molecule has 1 rings (SSSR count). The molecule has 0 fully saturated rings. The first kappa shape index (κ1) is 13.2. The Morgan fingerprint density at radius 2 is 2.06 bits per heavy atom. The monoisotopic (exact) mass is 225 g/mol. The average Bonchev–Trinajstić information content (AvgIpc) is 2.46. The molecule has 4 nitrogen and oxygen atoms in total. The first-order valence-electron chi connectivity index (χ1n) is 5.70. The highest BCUT2D eigenvalue weighted by Crippen LogP contribution is 2.07. The van der Waals surface area contributed by atoms with Gasteiger partial charge >= 0.3 is 0 Å². The molecule has 0 aliphatic heterocycles. The van der Waals surface area contributed by atoms with Gasteiger partial charge in [0.1, 0.15) is 5.82 Å². The van der Waals surface area contributed by atoms with Crippen LogP contribution in [0.25, 0.3) is 0 Å². The molecule has 0 amide bonds. The lowest BCUT2D eigenvalue weighted by molar-refractivity contribution is 0.181. The Morgan fingerprint density at radius 1 is 1.38 bits per heavy atom. The van der Waals surface area contributed by atoms with Crippen LogP contribution in [0.2, 0.25) is 0 Å². The lowest BCUT2D eigenvalue weighted by Crippen LogP contribution is -2.37. The number of hydrogen-bond donors (Lipinski definition) is 2. The standard InChI is InChI=1S/C12H23N3O/c1-9-10(8-16-5)15-11(14-9)6-7-13-12(2,3)4/h13H,6-8H2,1-5H3,(H,14,15). The van der Waals surface area contributed by atoms with Crippen molar-refractivity contribution in [3.05, 3.63) is 17.2 Å². The summed E-state index contributed by atoms with van der Waals surface area (Å²) in [5.41, 5.74) is 2.28. The molecule has 4 heteroatoms. The number of methoxy groups -OCH3 is 1. The van der Waals surface area contributed by atoms with Gasteiger partial charge in [-0.2, -0.15) is 0 Å². The molecule has 0 spiro atoms.